The van der Waals surface area contributed by atoms with Gasteiger partial charge in [0.05, 0.1) is 6.10 Å². The Morgan fingerprint density at radius 2 is 1.94 bits per heavy atom. The number of hydrogen-bond acceptors (Lipinski definition) is 3. The largest absolute Gasteiger partial charge is 0.459 e. The molecule has 1 aliphatic carbocycles. The monoisotopic (exact) mass is 246 g/mol. The van der Waals surface area contributed by atoms with E-state index in [-0.39, 0.29) is 0 Å². The second-order valence-corrected chi connectivity index (χ2v) is 5.57. The van der Waals surface area contributed by atoms with Crippen molar-refractivity contribution < 1.29 is 14.6 Å². The molecule has 1 aromatic carbocycles. The normalized spacial score (nSPS) is 22.8. The van der Waals surface area contributed by atoms with Crippen LogP contribution in [-0.4, -0.2) is 16.7 Å². The maximum Gasteiger partial charge on any atom is 0.316 e. The summed E-state index contributed by atoms with van der Waals surface area (Å²) in [5.41, 5.74) is 1.66. The number of ether oxygens (including phenoxy) is 1. The molecule has 0 saturated carbocycles. The SMILES string of the molecule is C=C1c2ccccc2[C@@H](O)[C@H]1C(=O)OC(C)(C)C. The van der Waals surface area contributed by atoms with Gasteiger partial charge >= 0.3 is 5.97 Å². The average molecular weight is 246 g/mol. The maximum atomic E-state index is 12.1. The molecule has 18 heavy (non-hydrogen) atoms. The third-order valence-electron chi connectivity index (χ3n) is 2.98. The summed E-state index contributed by atoms with van der Waals surface area (Å²) in [6, 6.07) is 7.39. The van der Waals surface area contributed by atoms with Gasteiger partial charge in [-0.15, -0.1) is 0 Å². The van der Waals surface area contributed by atoms with Crippen LogP contribution in [0.25, 0.3) is 5.57 Å². The number of aliphatic hydroxyl groups excluding tert-OH is 1. The fraction of sp³-hybridized carbons (Fsp3) is 0.400. The van der Waals surface area contributed by atoms with Gasteiger partial charge in [0, 0.05) is 0 Å². The highest BCUT2D eigenvalue weighted by molar-refractivity contribution is 5.92. The summed E-state index contributed by atoms with van der Waals surface area (Å²) < 4.78 is 5.33. The molecule has 0 unspecified atom stereocenters. The van der Waals surface area contributed by atoms with E-state index in [0.717, 1.165) is 11.1 Å². The van der Waals surface area contributed by atoms with Crippen molar-refractivity contribution in [2.45, 2.75) is 32.5 Å². The van der Waals surface area contributed by atoms with E-state index in [4.69, 9.17) is 4.74 Å². The number of rotatable bonds is 1. The third kappa shape index (κ3) is 2.18. The van der Waals surface area contributed by atoms with Gasteiger partial charge in [-0.05, 0) is 37.5 Å². The summed E-state index contributed by atoms with van der Waals surface area (Å²) in [7, 11) is 0. The lowest BCUT2D eigenvalue weighted by Gasteiger charge is -2.23. The van der Waals surface area contributed by atoms with Crippen LogP contribution in [0.3, 0.4) is 0 Å². The summed E-state index contributed by atoms with van der Waals surface area (Å²) in [4.78, 5) is 12.1. The van der Waals surface area contributed by atoms with E-state index in [1.165, 1.54) is 0 Å². The van der Waals surface area contributed by atoms with Gasteiger partial charge in [-0.3, -0.25) is 4.79 Å². The van der Waals surface area contributed by atoms with Gasteiger partial charge in [0.25, 0.3) is 0 Å². The fourth-order valence-corrected chi connectivity index (χ4v) is 2.22. The van der Waals surface area contributed by atoms with Crippen molar-refractivity contribution in [3.05, 3.63) is 42.0 Å². The fourth-order valence-electron chi connectivity index (χ4n) is 2.22. The number of carbonyl (C=O) groups is 1. The number of fused-ring (bicyclic) bond motifs is 1. The van der Waals surface area contributed by atoms with Gasteiger partial charge in [-0.2, -0.15) is 0 Å². The van der Waals surface area contributed by atoms with Gasteiger partial charge in [0.1, 0.15) is 11.5 Å². The molecule has 0 radical (unpaired) electrons. The van der Waals surface area contributed by atoms with E-state index in [9.17, 15) is 9.90 Å². The van der Waals surface area contributed by atoms with Crippen LogP contribution in [-0.2, 0) is 9.53 Å². The Kier molecular flexibility index (Phi) is 3.03. The highest BCUT2D eigenvalue weighted by Gasteiger charge is 2.41. The Morgan fingerprint density at radius 3 is 2.50 bits per heavy atom. The second kappa shape index (κ2) is 4.25. The zero-order valence-electron chi connectivity index (χ0n) is 10.9. The molecule has 0 aliphatic heterocycles. The van der Waals surface area contributed by atoms with E-state index in [1.807, 2.05) is 45.0 Å². The standard InChI is InChI=1S/C15H18O3/c1-9-10-7-5-6-8-11(10)13(16)12(9)14(17)18-15(2,3)4/h5-8,12-13,16H,1H2,2-4H3/t12-,13+/m0/s1. The van der Waals surface area contributed by atoms with Crippen LogP contribution < -0.4 is 0 Å². The van der Waals surface area contributed by atoms with Gasteiger partial charge < -0.3 is 9.84 Å². The molecule has 96 valence electrons. The molecule has 1 aromatic rings. The predicted molar refractivity (Wildman–Crippen MR) is 69.8 cm³/mol. The zero-order chi connectivity index (χ0) is 13.5. The molecule has 0 bridgehead atoms. The first-order valence-corrected chi connectivity index (χ1v) is 6.00. The first-order chi connectivity index (χ1) is 8.31. The molecule has 3 heteroatoms. The van der Waals surface area contributed by atoms with Gasteiger partial charge in [0.2, 0.25) is 0 Å². The highest BCUT2D eigenvalue weighted by atomic mass is 16.6. The maximum absolute atomic E-state index is 12.1. The smallest absolute Gasteiger partial charge is 0.316 e. The number of carbonyl (C=O) groups excluding carboxylic acids is 1. The number of aliphatic hydroxyl groups is 1. The van der Waals surface area contributed by atoms with Crippen LogP contribution in [0.4, 0.5) is 0 Å². The van der Waals surface area contributed by atoms with Crippen LogP contribution >= 0.6 is 0 Å². The summed E-state index contributed by atoms with van der Waals surface area (Å²) in [6.45, 7) is 9.34. The molecule has 1 aliphatic rings. The average Bonchev–Trinajstić information content (AvgIpc) is 2.50. The van der Waals surface area contributed by atoms with Crippen LogP contribution in [0.15, 0.2) is 30.8 Å². The minimum atomic E-state index is -0.858. The van der Waals surface area contributed by atoms with Gasteiger partial charge in [-0.1, -0.05) is 30.8 Å². The van der Waals surface area contributed by atoms with Crippen molar-refractivity contribution in [2.75, 3.05) is 0 Å². The number of esters is 1. The molecule has 3 nitrogen and oxygen atoms in total. The molecule has 0 amide bonds. The molecule has 0 aromatic heterocycles. The van der Waals surface area contributed by atoms with E-state index in [1.54, 1.807) is 0 Å². The quantitative estimate of drug-likeness (QED) is 0.775. The van der Waals surface area contributed by atoms with Crippen molar-refractivity contribution in [3.8, 4) is 0 Å². The predicted octanol–water partition coefficient (Wildman–Crippen LogP) is 2.70. The van der Waals surface area contributed by atoms with Crippen molar-refractivity contribution in [1.29, 1.82) is 0 Å². The van der Waals surface area contributed by atoms with Gasteiger partial charge in [-0.25, -0.2) is 0 Å². The topological polar surface area (TPSA) is 46.5 Å². The zero-order valence-corrected chi connectivity index (χ0v) is 10.9. The first-order valence-electron chi connectivity index (χ1n) is 6.00. The van der Waals surface area contributed by atoms with E-state index in [2.05, 4.69) is 6.58 Å². The van der Waals surface area contributed by atoms with Crippen LogP contribution in [0.5, 0.6) is 0 Å². The molecule has 2 rings (SSSR count). The second-order valence-electron chi connectivity index (χ2n) is 5.57. The first kappa shape index (κ1) is 12.8. The lowest BCUT2D eigenvalue weighted by Crippen LogP contribution is -2.30. The lowest BCUT2D eigenvalue weighted by molar-refractivity contribution is -0.160. The molecule has 0 spiro atoms. The molecule has 1 N–H and O–H groups in total. The Balaban J connectivity index is 2.29. The van der Waals surface area contributed by atoms with Crippen molar-refractivity contribution in [1.82, 2.24) is 0 Å². The van der Waals surface area contributed by atoms with Crippen molar-refractivity contribution in [3.63, 3.8) is 0 Å². The summed E-state index contributed by atoms with van der Waals surface area (Å²) in [5.74, 6) is -1.11. The molecule has 2 atom stereocenters. The Morgan fingerprint density at radius 1 is 1.33 bits per heavy atom. The van der Waals surface area contributed by atoms with E-state index in [0.29, 0.717) is 5.57 Å². The van der Waals surface area contributed by atoms with E-state index < -0.39 is 23.6 Å². The number of hydrogen-bond donors (Lipinski definition) is 1. The lowest BCUT2D eigenvalue weighted by atomic mass is 9.99. The summed E-state index contributed by atoms with van der Waals surface area (Å²) >= 11 is 0. The highest BCUT2D eigenvalue weighted by Crippen LogP contribution is 2.44. The minimum Gasteiger partial charge on any atom is -0.459 e. The van der Waals surface area contributed by atoms with Crippen LogP contribution in [0, 0.1) is 5.92 Å². The van der Waals surface area contributed by atoms with Gasteiger partial charge in [0.15, 0.2) is 0 Å². The molecular weight excluding hydrogens is 228 g/mol. The van der Waals surface area contributed by atoms with Crippen molar-refractivity contribution in [2.24, 2.45) is 5.92 Å². The minimum absolute atomic E-state index is 0.420. The molecular formula is C15H18O3. The van der Waals surface area contributed by atoms with Crippen LogP contribution in [0.2, 0.25) is 0 Å². The number of benzene rings is 1. The molecule has 0 fully saturated rings. The van der Waals surface area contributed by atoms with Crippen molar-refractivity contribution >= 4 is 11.5 Å². The summed E-state index contributed by atoms with van der Waals surface area (Å²) in [6.07, 6.45) is -0.858. The summed E-state index contributed by atoms with van der Waals surface area (Å²) in [5, 5.41) is 10.2. The Labute approximate surface area is 107 Å². The Bertz CT molecular complexity index is 497. The molecule has 0 heterocycles. The Hall–Kier alpha value is -1.61. The third-order valence-corrected chi connectivity index (χ3v) is 2.98. The van der Waals surface area contributed by atoms with Crippen LogP contribution in [0.1, 0.15) is 38.0 Å². The van der Waals surface area contributed by atoms with E-state index >= 15 is 0 Å². The molecule has 0 saturated heterocycles.